The van der Waals surface area contributed by atoms with Crippen molar-refractivity contribution in [2.75, 3.05) is 0 Å². The van der Waals surface area contributed by atoms with Crippen molar-refractivity contribution >= 4 is 21.4 Å². The van der Waals surface area contributed by atoms with Gasteiger partial charge in [-0.1, -0.05) is 38.1 Å². The molecule has 6 heteroatoms. The van der Waals surface area contributed by atoms with E-state index in [9.17, 15) is 8.42 Å². The fourth-order valence-corrected chi connectivity index (χ4v) is 3.92. The van der Waals surface area contributed by atoms with Gasteiger partial charge in [-0.3, -0.25) is 0 Å². The molecule has 2 rings (SSSR count). The first-order valence-corrected chi connectivity index (χ1v) is 9.37. The lowest BCUT2D eigenvalue weighted by Crippen LogP contribution is -2.25. The van der Waals surface area contributed by atoms with E-state index in [-0.39, 0.29) is 12.3 Å². The van der Waals surface area contributed by atoms with Gasteiger partial charge in [0, 0.05) is 11.3 Å². The maximum absolute atomic E-state index is 12.1. The molecule has 0 fully saturated rings. The standard InChI is InChI=1S/C15H20N2O2S2/c1-11(2)15-17-14(9-20-15)8-16-21(18,19)10-13-7-5-4-6-12(13)3/h4-7,9,11,16H,8,10H2,1-3H3. The van der Waals surface area contributed by atoms with Crippen LogP contribution >= 0.6 is 11.3 Å². The third-order valence-corrected chi connectivity index (χ3v) is 5.61. The minimum absolute atomic E-state index is 0.000841. The number of rotatable bonds is 6. The van der Waals surface area contributed by atoms with Gasteiger partial charge in [0.15, 0.2) is 0 Å². The minimum Gasteiger partial charge on any atom is -0.245 e. The number of hydrogen-bond donors (Lipinski definition) is 1. The van der Waals surface area contributed by atoms with E-state index in [4.69, 9.17) is 0 Å². The molecule has 0 aliphatic rings. The first-order chi connectivity index (χ1) is 9.87. The Balaban J connectivity index is 1.99. The van der Waals surface area contributed by atoms with Crippen LogP contribution in [0.4, 0.5) is 0 Å². The molecule has 1 heterocycles. The van der Waals surface area contributed by atoms with Crippen molar-refractivity contribution in [2.24, 2.45) is 0 Å². The number of aryl methyl sites for hydroxylation is 1. The van der Waals surface area contributed by atoms with Crippen LogP contribution in [0.3, 0.4) is 0 Å². The van der Waals surface area contributed by atoms with Crippen LogP contribution in [0.1, 0.15) is 41.6 Å². The molecule has 21 heavy (non-hydrogen) atoms. The quantitative estimate of drug-likeness (QED) is 0.887. The number of benzene rings is 1. The van der Waals surface area contributed by atoms with Crippen LogP contribution in [0, 0.1) is 6.92 Å². The maximum atomic E-state index is 12.1. The summed E-state index contributed by atoms with van der Waals surface area (Å²) in [5.41, 5.74) is 2.59. The number of nitrogens with one attached hydrogen (secondary N) is 1. The summed E-state index contributed by atoms with van der Waals surface area (Å²) in [6.07, 6.45) is 0. The van der Waals surface area contributed by atoms with Gasteiger partial charge in [-0.15, -0.1) is 11.3 Å². The zero-order chi connectivity index (χ0) is 15.5. The van der Waals surface area contributed by atoms with Gasteiger partial charge in [-0.2, -0.15) is 0 Å². The molecule has 0 radical (unpaired) electrons. The van der Waals surface area contributed by atoms with Gasteiger partial charge in [0.25, 0.3) is 0 Å². The minimum atomic E-state index is -3.35. The van der Waals surface area contributed by atoms with E-state index in [2.05, 4.69) is 23.6 Å². The summed E-state index contributed by atoms with van der Waals surface area (Å²) >= 11 is 1.57. The second kappa shape index (κ2) is 6.68. The zero-order valence-electron chi connectivity index (χ0n) is 12.5. The normalized spacial score (nSPS) is 12.0. The summed E-state index contributed by atoms with van der Waals surface area (Å²) in [6, 6.07) is 7.52. The first kappa shape index (κ1) is 16.1. The SMILES string of the molecule is Cc1ccccc1CS(=O)(=O)NCc1csc(C(C)C)n1. The molecule has 4 nitrogen and oxygen atoms in total. The van der Waals surface area contributed by atoms with Crippen LogP contribution in [-0.4, -0.2) is 13.4 Å². The van der Waals surface area contributed by atoms with Gasteiger partial charge in [-0.25, -0.2) is 18.1 Å². The molecule has 0 unspecified atom stereocenters. The van der Waals surface area contributed by atoms with Crippen LogP contribution in [0.15, 0.2) is 29.6 Å². The van der Waals surface area contributed by atoms with Crippen molar-refractivity contribution in [1.29, 1.82) is 0 Å². The molecule has 0 saturated heterocycles. The average Bonchev–Trinajstić information content (AvgIpc) is 2.88. The lowest BCUT2D eigenvalue weighted by molar-refractivity contribution is 0.579. The van der Waals surface area contributed by atoms with Gasteiger partial charge in [0.1, 0.15) is 0 Å². The molecule has 0 amide bonds. The molecule has 0 spiro atoms. The third-order valence-electron chi connectivity index (χ3n) is 3.14. The molecule has 0 aliphatic carbocycles. The van der Waals surface area contributed by atoms with E-state index in [1.165, 1.54) is 0 Å². The van der Waals surface area contributed by atoms with E-state index in [0.29, 0.717) is 5.92 Å². The van der Waals surface area contributed by atoms with Crippen LogP contribution in [0.5, 0.6) is 0 Å². The Labute approximate surface area is 130 Å². The van der Waals surface area contributed by atoms with Crippen molar-refractivity contribution in [1.82, 2.24) is 9.71 Å². The lowest BCUT2D eigenvalue weighted by Gasteiger charge is -2.07. The van der Waals surface area contributed by atoms with E-state index < -0.39 is 10.0 Å². The Morgan fingerprint density at radius 3 is 2.62 bits per heavy atom. The van der Waals surface area contributed by atoms with Crippen LogP contribution in [0.2, 0.25) is 0 Å². The zero-order valence-corrected chi connectivity index (χ0v) is 14.1. The van der Waals surface area contributed by atoms with Crippen LogP contribution in [-0.2, 0) is 22.3 Å². The fraction of sp³-hybridized carbons (Fsp3) is 0.400. The van der Waals surface area contributed by atoms with E-state index in [1.807, 2.05) is 36.6 Å². The number of thiazole rings is 1. The van der Waals surface area contributed by atoms with E-state index >= 15 is 0 Å². The summed E-state index contributed by atoms with van der Waals surface area (Å²) < 4.78 is 26.9. The molecule has 1 aromatic heterocycles. The number of nitrogens with zero attached hydrogens (tertiary/aromatic N) is 1. The van der Waals surface area contributed by atoms with Gasteiger partial charge in [0.2, 0.25) is 10.0 Å². The monoisotopic (exact) mass is 324 g/mol. The molecule has 114 valence electrons. The number of sulfonamides is 1. The van der Waals surface area contributed by atoms with Crippen molar-refractivity contribution in [3.8, 4) is 0 Å². The van der Waals surface area contributed by atoms with Gasteiger partial charge in [-0.05, 0) is 18.1 Å². The number of aromatic nitrogens is 1. The average molecular weight is 324 g/mol. The molecule has 2 aromatic rings. The second-order valence-corrected chi connectivity index (χ2v) is 8.03. The van der Waals surface area contributed by atoms with Crippen LogP contribution < -0.4 is 4.72 Å². The Morgan fingerprint density at radius 2 is 2.00 bits per heavy atom. The molecule has 1 N–H and O–H groups in total. The molecule has 0 saturated carbocycles. The molecule has 0 atom stereocenters. The van der Waals surface area contributed by atoms with E-state index in [0.717, 1.165) is 21.8 Å². The highest BCUT2D eigenvalue weighted by atomic mass is 32.2. The predicted octanol–water partition coefficient (Wildman–Crippen LogP) is 3.19. The second-order valence-electron chi connectivity index (χ2n) is 5.34. The highest BCUT2D eigenvalue weighted by Crippen LogP contribution is 2.19. The Morgan fingerprint density at radius 1 is 1.29 bits per heavy atom. The third kappa shape index (κ3) is 4.62. The Hall–Kier alpha value is -1.24. The summed E-state index contributed by atoms with van der Waals surface area (Å²) in [4.78, 5) is 4.43. The molecule has 1 aromatic carbocycles. The van der Waals surface area contributed by atoms with Gasteiger partial charge < -0.3 is 0 Å². The van der Waals surface area contributed by atoms with Crippen LogP contribution in [0.25, 0.3) is 0 Å². The molecule has 0 aliphatic heterocycles. The Bertz CT molecular complexity index is 706. The highest BCUT2D eigenvalue weighted by Gasteiger charge is 2.14. The lowest BCUT2D eigenvalue weighted by atomic mass is 10.1. The van der Waals surface area contributed by atoms with Crippen molar-refractivity contribution in [3.63, 3.8) is 0 Å². The first-order valence-electron chi connectivity index (χ1n) is 6.83. The van der Waals surface area contributed by atoms with Crippen molar-refractivity contribution in [2.45, 2.75) is 39.0 Å². The summed E-state index contributed by atoms with van der Waals surface area (Å²) in [6.45, 7) is 6.31. The molecular formula is C15H20N2O2S2. The smallest absolute Gasteiger partial charge is 0.216 e. The highest BCUT2D eigenvalue weighted by molar-refractivity contribution is 7.88. The molecular weight excluding hydrogens is 304 g/mol. The summed E-state index contributed by atoms with van der Waals surface area (Å²) in [7, 11) is -3.35. The fourth-order valence-electron chi connectivity index (χ4n) is 1.88. The van der Waals surface area contributed by atoms with Gasteiger partial charge >= 0.3 is 0 Å². The van der Waals surface area contributed by atoms with E-state index in [1.54, 1.807) is 11.3 Å². The number of hydrogen-bond acceptors (Lipinski definition) is 4. The summed E-state index contributed by atoms with van der Waals surface area (Å²) in [5, 5.41) is 2.94. The largest absolute Gasteiger partial charge is 0.245 e. The predicted molar refractivity (Wildman–Crippen MR) is 86.8 cm³/mol. The van der Waals surface area contributed by atoms with Gasteiger partial charge in [0.05, 0.1) is 23.0 Å². The maximum Gasteiger partial charge on any atom is 0.216 e. The topological polar surface area (TPSA) is 59.1 Å². The Kier molecular flexibility index (Phi) is 5.13. The summed E-state index contributed by atoms with van der Waals surface area (Å²) in [5.74, 6) is 0.369. The molecule has 0 bridgehead atoms. The van der Waals surface area contributed by atoms with Crippen molar-refractivity contribution < 1.29 is 8.42 Å². The van der Waals surface area contributed by atoms with Crippen molar-refractivity contribution in [3.05, 3.63) is 51.5 Å².